The largest absolute Gasteiger partial charge is 0.288 e. The van der Waals surface area contributed by atoms with Crippen molar-refractivity contribution in [2.24, 2.45) is 0 Å². The van der Waals surface area contributed by atoms with Gasteiger partial charge in [0.25, 0.3) is 0 Å². The molecule has 0 saturated heterocycles. The van der Waals surface area contributed by atoms with Gasteiger partial charge in [0, 0.05) is 47.3 Å². The minimum Gasteiger partial charge on any atom is -0.288 e. The van der Waals surface area contributed by atoms with Crippen LogP contribution in [0.5, 0.6) is 0 Å². The van der Waals surface area contributed by atoms with Gasteiger partial charge < -0.3 is 0 Å². The van der Waals surface area contributed by atoms with Crippen LogP contribution in [0, 0.1) is 40.4 Å². The Morgan fingerprint density at radius 3 is 1.80 bits per heavy atom. The third-order valence-corrected chi connectivity index (χ3v) is 0. The van der Waals surface area contributed by atoms with Crippen molar-refractivity contribution in [1.29, 1.82) is 0 Å². The van der Waals surface area contributed by atoms with Crippen LogP contribution in [0.3, 0.4) is 0 Å². The summed E-state index contributed by atoms with van der Waals surface area (Å²) in [4.78, 5) is 9.31. The van der Waals surface area contributed by atoms with Crippen LogP contribution in [0.25, 0.3) is 0 Å². The van der Waals surface area contributed by atoms with Crippen LogP contribution in [-0.2, 0) is 4.79 Å². The minimum absolute atomic E-state index is 0. The molecular weight excluding hydrogens is 217 g/mol. The number of thiol groups is 1. The fourth-order valence-corrected chi connectivity index (χ4v) is 0. The molecule has 1 radical (unpaired) electrons. The molecule has 0 atom stereocenters. The third-order valence-electron chi connectivity index (χ3n) is 0. The summed E-state index contributed by atoms with van der Waals surface area (Å²) in [5, 5.41) is -0.139. The normalized spacial score (nSPS) is 5.20. The summed E-state index contributed by atoms with van der Waals surface area (Å²) in [5.41, 5.74) is 0. The number of rotatable bonds is 0. The minimum atomic E-state index is -0.139. The van der Waals surface area contributed by atoms with Crippen LogP contribution in [-0.4, -0.2) is 5.12 Å². The summed E-state index contributed by atoms with van der Waals surface area (Å²) in [5.74, 6) is 0. The molecule has 29 valence electrons. The molecule has 0 rings (SSSR count). The summed E-state index contributed by atoms with van der Waals surface area (Å²) in [6.45, 7) is 1.39. The van der Waals surface area contributed by atoms with Crippen LogP contribution in [0.15, 0.2) is 0 Å². The molecule has 0 bridgehead atoms. The topological polar surface area (TPSA) is 17.1 Å². The Kier molecular flexibility index (Phi) is 10.3. The van der Waals surface area contributed by atoms with Crippen molar-refractivity contribution >= 4 is 17.7 Å². The first-order valence-electron chi connectivity index (χ1n) is 0.928. The van der Waals surface area contributed by atoms with E-state index < -0.39 is 0 Å². The molecule has 1 nitrogen and oxygen atoms in total. The molecule has 0 heterocycles. The number of carbonyl (C=O) groups excluding carboxylic acids is 1. The van der Waals surface area contributed by atoms with Crippen LogP contribution in [0.2, 0.25) is 0 Å². The Hall–Kier alpha value is 1.36. The first-order chi connectivity index (χ1) is 1.73. The molecule has 0 N–H and O–H groups in total. The molecule has 0 spiro atoms. The van der Waals surface area contributed by atoms with E-state index in [2.05, 4.69) is 12.6 Å². The summed E-state index contributed by atoms with van der Waals surface area (Å²) < 4.78 is 0. The fraction of sp³-hybridized carbons (Fsp3) is 0.500. The second kappa shape index (κ2) is 5.36. The van der Waals surface area contributed by atoms with E-state index in [1.165, 1.54) is 6.92 Å². The third kappa shape index (κ3) is 32.8. The van der Waals surface area contributed by atoms with Crippen molar-refractivity contribution < 1.29 is 45.2 Å². The van der Waals surface area contributed by atoms with Crippen molar-refractivity contribution in [3.63, 3.8) is 0 Å². The van der Waals surface area contributed by atoms with E-state index in [9.17, 15) is 4.79 Å². The fourth-order valence-electron chi connectivity index (χ4n) is 0. The Morgan fingerprint density at radius 2 is 1.80 bits per heavy atom. The Bertz CT molecular complexity index is 32.6. The molecule has 0 aliphatic carbocycles. The van der Waals surface area contributed by atoms with Gasteiger partial charge >= 0.3 is 0 Å². The van der Waals surface area contributed by atoms with Gasteiger partial charge in [-0.3, -0.25) is 4.79 Å². The van der Waals surface area contributed by atoms with E-state index in [1.807, 2.05) is 0 Å². The second-order valence-electron chi connectivity index (χ2n) is 0.519. The maximum Gasteiger partial charge on any atom is 0.182 e. The van der Waals surface area contributed by atoms with Crippen molar-refractivity contribution in [3.05, 3.63) is 0 Å². The van der Waals surface area contributed by atoms with E-state index in [-0.39, 0.29) is 45.5 Å². The maximum atomic E-state index is 9.31. The monoisotopic (exact) mass is 221 g/mol. The van der Waals surface area contributed by atoms with Crippen LogP contribution < -0.4 is 0 Å². The Morgan fingerprint density at radius 1 is 1.80 bits per heavy atom. The van der Waals surface area contributed by atoms with Crippen molar-refractivity contribution in [3.8, 4) is 0 Å². The SMILES string of the molecule is CC(=O)S.[Pm]. The maximum absolute atomic E-state index is 9.31. The molecule has 0 aromatic carbocycles. The predicted octanol–water partition coefficient (Wildman–Crippen LogP) is 0.463. The quantitative estimate of drug-likeness (QED) is 0.588. The molecule has 0 amide bonds. The molecule has 0 unspecified atom stereocenters. The summed E-state index contributed by atoms with van der Waals surface area (Å²) in [7, 11) is 0. The van der Waals surface area contributed by atoms with Gasteiger partial charge in [0.05, 0.1) is 0 Å². The Balaban J connectivity index is 0. The summed E-state index contributed by atoms with van der Waals surface area (Å²) in [6.07, 6.45) is 0. The molecule has 0 aromatic rings. The standard InChI is InChI=1S/C2H4OS.Pm/c1-2(3)4;/h1H3,(H,3,4);. The van der Waals surface area contributed by atoms with E-state index in [0.29, 0.717) is 0 Å². The number of hydrogen-bond acceptors (Lipinski definition) is 1. The molecule has 0 aliphatic rings. The van der Waals surface area contributed by atoms with Gasteiger partial charge in [0.1, 0.15) is 0 Å². The second-order valence-corrected chi connectivity index (χ2v) is 1.15. The molecule has 0 fully saturated rings. The zero-order valence-corrected chi connectivity index (χ0v) is 6.57. The number of hydrogen-bond donors (Lipinski definition) is 1. The van der Waals surface area contributed by atoms with E-state index in [1.54, 1.807) is 0 Å². The van der Waals surface area contributed by atoms with Crippen molar-refractivity contribution in [1.82, 2.24) is 0 Å². The predicted molar refractivity (Wildman–Crippen MR) is 19.7 cm³/mol. The molecule has 5 heavy (non-hydrogen) atoms. The smallest absolute Gasteiger partial charge is 0.182 e. The van der Waals surface area contributed by atoms with E-state index >= 15 is 0 Å². The molecule has 0 saturated carbocycles. The van der Waals surface area contributed by atoms with Crippen molar-refractivity contribution in [2.45, 2.75) is 6.92 Å². The zero-order chi connectivity index (χ0) is 3.58. The van der Waals surface area contributed by atoms with Gasteiger partial charge in [-0.25, -0.2) is 0 Å². The van der Waals surface area contributed by atoms with E-state index in [4.69, 9.17) is 0 Å². The molecule has 0 aromatic heterocycles. The van der Waals surface area contributed by atoms with Crippen LogP contribution >= 0.6 is 12.6 Å². The average Bonchev–Trinajstić information content (AvgIpc) is 0.811. The molecule has 3 heteroatoms. The van der Waals surface area contributed by atoms with Gasteiger partial charge in [-0.05, 0) is 0 Å². The molecule has 0 aliphatic heterocycles. The molecular formula is C2H4OPmS. The number of carbonyl (C=O) groups is 1. The first-order valence-corrected chi connectivity index (χ1v) is 1.37. The van der Waals surface area contributed by atoms with Gasteiger partial charge in [-0.2, -0.15) is 0 Å². The average molecular weight is 221 g/mol. The summed E-state index contributed by atoms with van der Waals surface area (Å²) in [6, 6.07) is 0. The summed E-state index contributed by atoms with van der Waals surface area (Å²) >= 11 is 3.33. The zero-order valence-electron chi connectivity index (χ0n) is 2.80. The Labute approximate surface area is 69.0 Å². The van der Waals surface area contributed by atoms with Crippen molar-refractivity contribution in [2.75, 3.05) is 0 Å². The van der Waals surface area contributed by atoms with Gasteiger partial charge in [0.2, 0.25) is 0 Å². The van der Waals surface area contributed by atoms with Crippen LogP contribution in [0.1, 0.15) is 6.92 Å². The van der Waals surface area contributed by atoms with Gasteiger partial charge in [-0.15, -0.1) is 12.6 Å². The van der Waals surface area contributed by atoms with Gasteiger partial charge in [-0.1, -0.05) is 0 Å². The first kappa shape index (κ1) is 9.61. The van der Waals surface area contributed by atoms with Crippen LogP contribution in [0.4, 0.5) is 0 Å². The van der Waals surface area contributed by atoms with E-state index in [0.717, 1.165) is 0 Å². The van der Waals surface area contributed by atoms with Gasteiger partial charge in [0.15, 0.2) is 5.12 Å².